The third kappa shape index (κ3) is 2.31. The molecule has 0 aliphatic carbocycles. The Labute approximate surface area is 114 Å². The molecular formula is C12H11Cl2NO3. The number of anilines is 1. The fraction of sp³-hybridized carbons (Fsp3) is 0.333. The molecule has 0 saturated carbocycles. The average Bonchev–Trinajstić information content (AvgIpc) is 2.73. The first-order valence-electron chi connectivity index (χ1n) is 5.39. The summed E-state index contributed by atoms with van der Waals surface area (Å²) in [5.74, 6) is -0.605. The van der Waals surface area contributed by atoms with Gasteiger partial charge in [-0.05, 0) is 24.6 Å². The van der Waals surface area contributed by atoms with Gasteiger partial charge in [-0.25, -0.2) is 4.79 Å². The van der Waals surface area contributed by atoms with E-state index >= 15 is 0 Å². The molecule has 1 aromatic rings. The number of benzene rings is 1. The SMILES string of the molecule is COC(=O)C1CCC(=O)N1c1cc(Cl)ccc1Cl. The highest BCUT2D eigenvalue weighted by molar-refractivity contribution is 6.36. The van der Waals surface area contributed by atoms with Crippen LogP contribution in [0.4, 0.5) is 5.69 Å². The highest BCUT2D eigenvalue weighted by Crippen LogP contribution is 2.34. The van der Waals surface area contributed by atoms with Crippen molar-refractivity contribution in [1.82, 2.24) is 0 Å². The molecule has 1 atom stereocenters. The molecule has 0 N–H and O–H groups in total. The van der Waals surface area contributed by atoms with Gasteiger partial charge in [0.25, 0.3) is 0 Å². The van der Waals surface area contributed by atoms with E-state index in [1.165, 1.54) is 12.0 Å². The number of hydrogen-bond acceptors (Lipinski definition) is 3. The van der Waals surface area contributed by atoms with Crippen LogP contribution in [0.3, 0.4) is 0 Å². The molecule has 0 bridgehead atoms. The lowest BCUT2D eigenvalue weighted by Gasteiger charge is -2.24. The van der Waals surface area contributed by atoms with Gasteiger partial charge in [-0.1, -0.05) is 23.2 Å². The van der Waals surface area contributed by atoms with Crippen molar-refractivity contribution in [3.05, 3.63) is 28.2 Å². The van der Waals surface area contributed by atoms with E-state index in [1.54, 1.807) is 18.2 Å². The van der Waals surface area contributed by atoms with Gasteiger partial charge in [-0.2, -0.15) is 0 Å². The third-order valence-electron chi connectivity index (χ3n) is 2.85. The normalized spacial score (nSPS) is 19.2. The van der Waals surface area contributed by atoms with Gasteiger partial charge in [0.1, 0.15) is 6.04 Å². The summed E-state index contributed by atoms with van der Waals surface area (Å²) in [6.45, 7) is 0. The summed E-state index contributed by atoms with van der Waals surface area (Å²) in [7, 11) is 1.29. The highest BCUT2D eigenvalue weighted by Gasteiger charge is 2.38. The van der Waals surface area contributed by atoms with Crippen molar-refractivity contribution < 1.29 is 14.3 Å². The Kier molecular flexibility index (Phi) is 3.78. The predicted octanol–water partition coefficient (Wildman–Crippen LogP) is 2.66. The summed E-state index contributed by atoms with van der Waals surface area (Å²) in [5.41, 5.74) is 0.446. The molecule has 1 amide bonds. The van der Waals surface area contributed by atoms with Crippen LogP contribution in [0.5, 0.6) is 0 Å². The maximum atomic E-state index is 11.9. The second-order valence-electron chi connectivity index (χ2n) is 3.94. The Hall–Kier alpha value is -1.26. The van der Waals surface area contributed by atoms with Gasteiger partial charge in [0.2, 0.25) is 5.91 Å². The number of amides is 1. The van der Waals surface area contributed by atoms with Crippen LogP contribution < -0.4 is 4.90 Å². The Morgan fingerprint density at radius 1 is 1.44 bits per heavy atom. The van der Waals surface area contributed by atoms with Gasteiger partial charge in [-0.15, -0.1) is 0 Å². The summed E-state index contributed by atoms with van der Waals surface area (Å²) in [5, 5.41) is 0.835. The molecule has 6 heteroatoms. The minimum atomic E-state index is -0.626. The Bertz CT molecular complexity index is 504. The molecule has 1 aliphatic rings. The first kappa shape index (κ1) is 13.2. The summed E-state index contributed by atoms with van der Waals surface area (Å²) >= 11 is 11.9. The molecule has 0 aromatic heterocycles. The van der Waals surface area contributed by atoms with Crippen molar-refractivity contribution in [3.63, 3.8) is 0 Å². The number of esters is 1. The zero-order chi connectivity index (χ0) is 13.3. The number of carbonyl (C=O) groups is 2. The van der Waals surface area contributed by atoms with E-state index in [0.29, 0.717) is 28.6 Å². The second-order valence-corrected chi connectivity index (χ2v) is 4.78. The first-order chi connectivity index (χ1) is 8.54. The lowest BCUT2D eigenvalue weighted by atomic mass is 10.2. The van der Waals surface area contributed by atoms with Crippen LogP contribution in [0.1, 0.15) is 12.8 Å². The number of rotatable bonds is 2. The minimum absolute atomic E-state index is 0.158. The molecule has 1 aliphatic heterocycles. The first-order valence-corrected chi connectivity index (χ1v) is 6.15. The van der Waals surface area contributed by atoms with E-state index in [0.717, 1.165) is 0 Å². The number of carbonyl (C=O) groups excluding carboxylic acids is 2. The fourth-order valence-electron chi connectivity index (χ4n) is 2.02. The van der Waals surface area contributed by atoms with Crippen molar-refractivity contribution >= 4 is 40.8 Å². The largest absolute Gasteiger partial charge is 0.467 e. The molecule has 96 valence electrons. The lowest BCUT2D eigenvalue weighted by molar-refractivity contribution is -0.142. The van der Waals surface area contributed by atoms with Crippen molar-refractivity contribution in [3.8, 4) is 0 Å². The lowest BCUT2D eigenvalue weighted by Crippen LogP contribution is -2.39. The van der Waals surface area contributed by atoms with E-state index in [-0.39, 0.29) is 5.91 Å². The fourth-order valence-corrected chi connectivity index (χ4v) is 2.39. The van der Waals surface area contributed by atoms with Crippen molar-refractivity contribution in [2.75, 3.05) is 12.0 Å². The van der Waals surface area contributed by atoms with Crippen LogP contribution in [0.15, 0.2) is 18.2 Å². The van der Waals surface area contributed by atoms with Gasteiger partial charge in [0, 0.05) is 11.4 Å². The van der Waals surface area contributed by atoms with Crippen LogP contribution in [-0.2, 0) is 14.3 Å². The minimum Gasteiger partial charge on any atom is -0.467 e. The zero-order valence-corrected chi connectivity index (χ0v) is 11.2. The van der Waals surface area contributed by atoms with Crippen LogP contribution in [-0.4, -0.2) is 25.0 Å². The Balaban J connectivity index is 2.42. The van der Waals surface area contributed by atoms with Crippen LogP contribution in [0.25, 0.3) is 0 Å². The van der Waals surface area contributed by atoms with Crippen LogP contribution >= 0.6 is 23.2 Å². The molecule has 4 nitrogen and oxygen atoms in total. The molecule has 1 unspecified atom stereocenters. The van der Waals surface area contributed by atoms with Gasteiger partial charge >= 0.3 is 5.97 Å². The number of methoxy groups -OCH3 is 1. The van der Waals surface area contributed by atoms with Crippen molar-refractivity contribution in [2.24, 2.45) is 0 Å². The van der Waals surface area contributed by atoms with E-state index < -0.39 is 12.0 Å². The summed E-state index contributed by atoms with van der Waals surface area (Å²) in [4.78, 5) is 24.9. The monoisotopic (exact) mass is 287 g/mol. The number of hydrogen-bond donors (Lipinski definition) is 0. The summed E-state index contributed by atoms with van der Waals surface area (Å²) in [6, 6.07) is 4.17. The molecule has 0 radical (unpaired) electrons. The molecule has 0 spiro atoms. The molecule has 1 saturated heterocycles. The summed E-state index contributed by atoms with van der Waals surface area (Å²) in [6.07, 6.45) is 0.719. The number of ether oxygens (including phenoxy) is 1. The van der Waals surface area contributed by atoms with Crippen molar-refractivity contribution in [1.29, 1.82) is 0 Å². The Morgan fingerprint density at radius 2 is 2.17 bits per heavy atom. The maximum absolute atomic E-state index is 11.9. The topological polar surface area (TPSA) is 46.6 Å². The molecule has 18 heavy (non-hydrogen) atoms. The van der Waals surface area contributed by atoms with Crippen molar-refractivity contribution in [2.45, 2.75) is 18.9 Å². The Morgan fingerprint density at radius 3 is 2.83 bits per heavy atom. The summed E-state index contributed by atoms with van der Waals surface area (Å²) < 4.78 is 4.70. The quantitative estimate of drug-likeness (QED) is 0.786. The molecule has 1 aromatic carbocycles. The smallest absolute Gasteiger partial charge is 0.328 e. The molecule has 1 heterocycles. The predicted molar refractivity (Wildman–Crippen MR) is 69.0 cm³/mol. The van der Waals surface area contributed by atoms with Gasteiger partial charge in [-0.3, -0.25) is 9.69 Å². The van der Waals surface area contributed by atoms with Crippen LogP contribution in [0.2, 0.25) is 10.0 Å². The number of nitrogens with zero attached hydrogens (tertiary/aromatic N) is 1. The van der Waals surface area contributed by atoms with Gasteiger partial charge < -0.3 is 4.74 Å². The third-order valence-corrected chi connectivity index (χ3v) is 3.41. The molecule has 1 fully saturated rings. The molecular weight excluding hydrogens is 277 g/mol. The van der Waals surface area contributed by atoms with E-state index in [9.17, 15) is 9.59 Å². The van der Waals surface area contributed by atoms with Gasteiger partial charge in [0.15, 0.2) is 0 Å². The average molecular weight is 288 g/mol. The molecule has 2 rings (SSSR count). The maximum Gasteiger partial charge on any atom is 0.328 e. The second kappa shape index (κ2) is 5.16. The van der Waals surface area contributed by atoms with E-state index in [1.807, 2.05) is 0 Å². The van der Waals surface area contributed by atoms with Gasteiger partial charge in [0.05, 0.1) is 17.8 Å². The zero-order valence-electron chi connectivity index (χ0n) is 9.65. The van der Waals surface area contributed by atoms with E-state index in [2.05, 4.69) is 0 Å². The highest BCUT2D eigenvalue weighted by atomic mass is 35.5. The number of halogens is 2. The standard InChI is InChI=1S/C12H11Cl2NO3/c1-18-12(17)9-4-5-11(16)15(9)10-6-7(13)2-3-8(10)14/h2-3,6,9H,4-5H2,1H3. The van der Waals surface area contributed by atoms with E-state index in [4.69, 9.17) is 27.9 Å². The van der Waals surface area contributed by atoms with Crippen LogP contribution in [0, 0.1) is 0 Å².